The Morgan fingerprint density at radius 2 is 2.05 bits per heavy atom. The fourth-order valence-corrected chi connectivity index (χ4v) is 7.26. The average molecular weight is 553 g/mol. The van der Waals surface area contributed by atoms with Crippen LogP contribution in [-0.2, 0) is 14.4 Å². The number of piperazine rings is 1. The molecule has 39 heavy (non-hydrogen) atoms. The van der Waals surface area contributed by atoms with Crippen LogP contribution in [0.1, 0.15) is 19.8 Å². The van der Waals surface area contributed by atoms with Gasteiger partial charge >= 0.3 is 0 Å². The van der Waals surface area contributed by atoms with E-state index in [9.17, 15) is 19.6 Å². The molecule has 3 aliphatic rings. The number of carbonyl (C=O) groups excluding carboxylic acids is 3. The van der Waals surface area contributed by atoms with Gasteiger partial charge in [-0.1, -0.05) is 12.0 Å². The van der Waals surface area contributed by atoms with Crippen molar-refractivity contribution in [2.24, 2.45) is 5.41 Å². The summed E-state index contributed by atoms with van der Waals surface area (Å²) in [5.41, 5.74) is -0.411. The zero-order valence-corrected chi connectivity index (χ0v) is 23.3. The van der Waals surface area contributed by atoms with Crippen LogP contribution in [-0.4, -0.2) is 108 Å². The second-order valence-electron chi connectivity index (χ2n) is 10.1. The van der Waals surface area contributed by atoms with E-state index in [2.05, 4.69) is 27.5 Å². The number of ether oxygens (including phenoxy) is 1. The summed E-state index contributed by atoms with van der Waals surface area (Å²) in [6.07, 6.45) is 6.25. The molecule has 2 saturated heterocycles. The van der Waals surface area contributed by atoms with E-state index in [0.29, 0.717) is 44.8 Å². The van der Waals surface area contributed by atoms with Crippen LogP contribution < -0.4 is 15.4 Å². The maximum atomic E-state index is 13.3. The van der Waals surface area contributed by atoms with Gasteiger partial charge in [-0.2, -0.15) is 5.26 Å². The molecule has 4 unspecified atom stereocenters. The summed E-state index contributed by atoms with van der Waals surface area (Å²) >= 11 is 1.56. The Balaban J connectivity index is 1.28. The Morgan fingerprint density at radius 3 is 2.74 bits per heavy atom. The highest BCUT2D eigenvalue weighted by Gasteiger charge is 2.65. The van der Waals surface area contributed by atoms with E-state index in [-0.39, 0.29) is 35.5 Å². The number of hydrogen-bond acceptors (Lipinski definition) is 8. The molecule has 0 spiro atoms. The van der Waals surface area contributed by atoms with Gasteiger partial charge < -0.3 is 30.1 Å². The van der Waals surface area contributed by atoms with Crippen LogP contribution in [0.15, 0.2) is 24.3 Å². The highest BCUT2D eigenvalue weighted by atomic mass is 32.2. The number of likely N-dealkylation sites (N-methyl/N-ethyl adjacent to an activating group) is 1. The number of thioether (sulfide) groups is 1. The SMILES string of the molecule is C#CCNC(=O)C1(C#N)CC2SC(CCNc3cccc(OCC(=O)N4CCN(C)CC4)c3)C(=O)N(CC)C21. The molecule has 3 amide bonds. The summed E-state index contributed by atoms with van der Waals surface area (Å²) in [6, 6.07) is 9.19. The Kier molecular flexibility index (Phi) is 9.26. The van der Waals surface area contributed by atoms with Gasteiger partial charge in [-0.05, 0) is 38.9 Å². The van der Waals surface area contributed by atoms with Crippen molar-refractivity contribution in [3.05, 3.63) is 24.3 Å². The number of nitrogens with one attached hydrogen (secondary N) is 2. The van der Waals surface area contributed by atoms with Crippen LogP contribution in [0.2, 0.25) is 0 Å². The molecule has 2 heterocycles. The summed E-state index contributed by atoms with van der Waals surface area (Å²) in [5, 5.41) is 15.6. The molecule has 0 bridgehead atoms. The molecule has 4 atom stereocenters. The van der Waals surface area contributed by atoms with Crippen LogP contribution in [0.25, 0.3) is 0 Å². The predicted molar refractivity (Wildman–Crippen MR) is 150 cm³/mol. The molecule has 1 aromatic rings. The first kappa shape index (κ1) is 28.6. The Hall–Kier alpha value is -3.41. The van der Waals surface area contributed by atoms with Gasteiger partial charge in [0.15, 0.2) is 12.0 Å². The molecular formula is C28H36N6O4S. The zero-order chi connectivity index (χ0) is 28.0. The van der Waals surface area contributed by atoms with Crippen LogP contribution >= 0.6 is 11.8 Å². The van der Waals surface area contributed by atoms with E-state index < -0.39 is 17.4 Å². The zero-order valence-electron chi connectivity index (χ0n) is 22.5. The predicted octanol–water partition coefficient (Wildman–Crippen LogP) is 1.01. The van der Waals surface area contributed by atoms with Crippen LogP contribution in [0.3, 0.4) is 0 Å². The van der Waals surface area contributed by atoms with Gasteiger partial charge in [0.1, 0.15) is 5.75 Å². The van der Waals surface area contributed by atoms with E-state index in [1.54, 1.807) is 16.7 Å². The lowest BCUT2D eigenvalue weighted by Gasteiger charge is -2.57. The molecule has 4 rings (SSSR count). The third-order valence-electron chi connectivity index (χ3n) is 7.70. The van der Waals surface area contributed by atoms with Gasteiger partial charge in [0.05, 0.1) is 23.9 Å². The number of benzene rings is 1. The number of fused-ring (bicyclic) bond motifs is 1. The van der Waals surface area contributed by atoms with Crippen molar-refractivity contribution in [1.29, 1.82) is 5.26 Å². The topological polar surface area (TPSA) is 118 Å². The van der Waals surface area contributed by atoms with E-state index in [1.807, 2.05) is 43.1 Å². The van der Waals surface area contributed by atoms with Gasteiger partial charge in [0, 0.05) is 56.3 Å². The summed E-state index contributed by atoms with van der Waals surface area (Å²) in [4.78, 5) is 44.3. The monoisotopic (exact) mass is 552 g/mol. The molecule has 11 heteroatoms. The number of rotatable bonds is 10. The Morgan fingerprint density at radius 1 is 1.28 bits per heavy atom. The van der Waals surface area contributed by atoms with E-state index >= 15 is 0 Å². The molecule has 2 N–H and O–H groups in total. The van der Waals surface area contributed by atoms with Gasteiger partial charge in [-0.15, -0.1) is 18.2 Å². The first-order valence-electron chi connectivity index (χ1n) is 13.3. The summed E-state index contributed by atoms with van der Waals surface area (Å²) in [5.74, 6) is 2.51. The first-order valence-corrected chi connectivity index (χ1v) is 14.3. The second kappa shape index (κ2) is 12.6. The lowest BCUT2D eigenvalue weighted by atomic mass is 9.63. The molecule has 1 aliphatic carbocycles. The molecule has 10 nitrogen and oxygen atoms in total. The minimum absolute atomic E-state index is 0.000731. The van der Waals surface area contributed by atoms with Gasteiger partial charge in [0.2, 0.25) is 11.8 Å². The molecular weight excluding hydrogens is 516 g/mol. The lowest BCUT2D eigenvalue weighted by molar-refractivity contribution is -0.147. The Labute approximate surface area is 234 Å². The molecule has 208 valence electrons. The first-order chi connectivity index (χ1) is 18.8. The van der Waals surface area contributed by atoms with E-state index in [1.165, 1.54) is 0 Å². The molecule has 0 radical (unpaired) electrons. The smallest absolute Gasteiger partial charge is 0.260 e. The van der Waals surface area contributed by atoms with Crippen LogP contribution in [0, 0.1) is 29.1 Å². The van der Waals surface area contributed by atoms with Crippen molar-refractivity contribution in [1.82, 2.24) is 20.0 Å². The lowest BCUT2D eigenvalue weighted by Crippen LogP contribution is -2.72. The third-order valence-corrected chi connectivity index (χ3v) is 9.24. The standard InChI is InChI=1S/C28H36N6O4S/c1-4-10-31-27(37)28(19-29)17-23-25(28)34(5-2)26(36)22(39-23)9-11-30-20-7-6-8-21(16-20)38-18-24(35)33-14-12-32(3)13-15-33/h1,6-8,16,22-23,25,30H,5,9-15,17-18H2,2-3H3,(H,31,37). The highest BCUT2D eigenvalue weighted by molar-refractivity contribution is 8.01. The number of anilines is 1. The number of carbonyl (C=O) groups is 3. The van der Waals surface area contributed by atoms with E-state index in [0.717, 1.165) is 18.8 Å². The number of hydrogen-bond donors (Lipinski definition) is 2. The van der Waals surface area contributed by atoms with Crippen molar-refractivity contribution >= 4 is 35.2 Å². The summed E-state index contributed by atoms with van der Waals surface area (Å²) in [6.45, 7) is 6.09. The van der Waals surface area contributed by atoms with Gasteiger partial charge in [0.25, 0.3) is 5.91 Å². The van der Waals surface area contributed by atoms with Crippen molar-refractivity contribution in [3.8, 4) is 24.2 Å². The van der Waals surface area contributed by atoms with Crippen LogP contribution in [0.5, 0.6) is 5.75 Å². The fraction of sp³-hybridized carbons (Fsp3) is 0.571. The minimum Gasteiger partial charge on any atom is -0.484 e. The van der Waals surface area contributed by atoms with Crippen molar-refractivity contribution < 1.29 is 19.1 Å². The minimum atomic E-state index is -1.25. The van der Waals surface area contributed by atoms with Gasteiger partial charge in [-0.3, -0.25) is 14.4 Å². The fourth-order valence-electron chi connectivity index (χ4n) is 5.45. The normalized spacial score (nSPS) is 26.5. The van der Waals surface area contributed by atoms with Gasteiger partial charge in [-0.25, -0.2) is 0 Å². The van der Waals surface area contributed by atoms with Crippen LogP contribution in [0.4, 0.5) is 5.69 Å². The molecule has 1 aromatic carbocycles. The van der Waals surface area contributed by atoms with Crippen molar-refractivity contribution in [2.75, 3.05) is 64.8 Å². The molecule has 1 saturated carbocycles. The number of nitriles is 1. The quantitative estimate of drug-likeness (QED) is 0.413. The average Bonchev–Trinajstić information content (AvgIpc) is 2.94. The number of amides is 3. The maximum Gasteiger partial charge on any atom is 0.260 e. The highest BCUT2D eigenvalue weighted by Crippen LogP contribution is 2.54. The number of nitrogens with zero attached hydrogens (tertiary/aromatic N) is 4. The number of terminal acetylenes is 1. The van der Waals surface area contributed by atoms with Crippen molar-refractivity contribution in [2.45, 2.75) is 36.3 Å². The third kappa shape index (κ3) is 6.10. The summed E-state index contributed by atoms with van der Waals surface area (Å²) in [7, 11) is 2.05. The molecule has 3 fully saturated rings. The van der Waals surface area contributed by atoms with E-state index in [4.69, 9.17) is 11.2 Å². The maximum absolute atomic E-state index is 13.3. The summed E-state index contributed by atoms with van der Waals surface area (Å²) < 4.78 is 5.76. The van der Waals surface area contributed by atoms with Crippen molar-refractivity contribution in [3.63, 3.8) is 0 Å². The Bertz CT molecular complexity index is 1160. The molecule has 2 aliphatic heterocycles. The largest absolute Gasteiger partial charge is 0.484 e. The second-order valence-corrected chi connectivity index (χ2v) is 11.6. The molecule has 0 aromatic heterocycles.